The van der Waals surface area contributed by atoms with Crippen LogP contribution in [0.15, 0.2) is 0 Å². The number of hydrogen-bond acceptors (Lipinski definition) is 7. The molecule has 0 bridgehead atoms. The predicted molar refractivity (Wildman–Crippen MR) is 67.8 cm³/mol. The van der Waals surface area contributed by atoms with Gasteiger partial charge in [0.1, 0.15) is 6.23 Å². The maximum Gasteiger partial charge on any atom is 0.482 e. The summed E-state index contributed by atoms with van der Waals surface area (Å²) in [6.07, 6.45) is 0.783. The van der Waals surface area contributed by atoms with E-state index in [0.29, 0.717) is 13.1 Å². The fourth-order valence-electron chi connectivity index (χ4n) is 1.14. The van der Waals surface area contributed by atoms with E-state index in [-0.39, 0.29) is 6.42 Å². The van der Waals surface area contributed by atoms with Crippen LogP contribution in [0.25, 0.3) is 0 Å². The smallest absolute Gasteiger partial charge is 0.330 e. The Bertz CT molecular complexity index is 337. The Morgan fingerprint density at radius 1 is 1.16 bits per heavy atom. The molecule has 0 aliphatic heterocycles. The van der Waals surface area contributed by atoms with Gasteiger partial charge in [-0.2, -0.15) is 4.31 Å². The van der Waals surface area contributed by atoms with Gasteiger partial charge in [0.05, 0.1) is 0 Å². The van der Waals surface area contributed by atoms with Crippen molar-refractivity contribution in [1.82, 2.24) is 5.32 Å². The molecule has 10 nitrogen and oxygen atoms in total. The molecule has 0 radical (unpaired) electrons. The Morgan fingerprint density at radius 2 is 1.79 bits per heavy atom. The van der Waals surface area contributed by atoms with Crippen molar-refractivity contribution in [2.45, 2.75) is 25.5 Å². The molecule has 0 aliphatic rings. The minimum absolute atomic E-state index is 0.178. The third kappa shape index (κ3) is 12.9. The molecule has 0 rings (SSSR count). The van der Waals surface area contributed by atoms with Gasteiger partial charge >= 0.3 is 15.6 Å². The highest BCUT2D eigenvalue weighted by Gasteiger charge is 2.33. The van der Waals surface area contributed by atoms with Crippen LogP contribution in [0, 0.1) is 0 Å². The molecule has 0 aromatic heterocycles. The van der Waals surface area contributed by atoms with Crippen molar-refractivity contribution in [1.29, 1.82) is 0 Å². The highest BCUT2D eigenvalue weighted by atomic mass is 31.3. The zero-order valence-electron chi connectivity index (χ0n) is 10.3. The van der Waals surface area contributed by atoms with Gasteiger partial charge in [-0.05, 0) is 38.9 Å². The van der Waals surface area contributed by atoms with Gasteiger partial charge < -0.3 is 31.5 Å². The zero-order chi connectivity index (χ0) is 14.9. The summed E-state index contributed by atoms with van der Waals surface area (Å²) in [7, 11) is -9.98. The first-order chi connectivity index (χ1) is 8.66. The van der Waals surface area contributed by atoms with Crippen LogP contribution in [0.5, 0.6) is 0 Å². The lowest BCUT2D eigenvalue weighted by Crippen LogP contribution is -2.29. The van der Waals surface area contributed by atoms with Crippen LogP contribution in [0.2, 0.25) is 0 Å². The van der Waals surface area contributed by atoms with E-state index in [1.54, 1.807) is 0 Å². The largest absolute Gasteiger partial charge is 0.482 e. The van der Waals surface area contributed by atoms with E-state index in [1.807, 2.05) is 0 Å². The third-order valence-electron chi connectivity index (χ3n) is 1.89. The van der Waals surface area contributed by atoms with E-state index in [4.69, 9.17) is 26.1 Å². The molecule has 0 spiro atoms. The summed E-state index contributed by atoms with van der Waals surface area (Å²) in [5.74, 6) is 0. The van der Waals surface area contributed by atoms with Gasteiger partial charge in [0.25, 0.3) is 0 Å². The highest BCUT2D eigenvalue weighted by molar-refractivity contribution is 7.60. The minimum atomic E-state index is -5.11. The van der Waals surface area contributed by atoms with Crippen LogP contribution in [0.1, 0.15) is 19.3 Å². The molecule has 12 heteroatoms. The Balaban J connectivity index is 3.81. The average molecular weight is 321 g/mol. The molecule has 2 unspecified atom stereocenters. The molecule has 0 aromatic rings. The second kappa shape index (κ2) is 9.15. The van der Waals surface area contributed by atoms with Crippen molar-refractivity contribution < 1.29 is 32.6 Å². The maximum absolute atomic E-state index is 11.1. The second-order valence-electron chi connectivity index (χ2n) is 3.72. The lowest BCUT2D eigenvalue weighted by atomic mass is 10.3. The average Bonchev–Trinajstić information content (AvgIpc) is 2.18. The Hall–Kier alpha value is 0.140. The lowest BCUT2D eigenvalue weighted by molar-refractivity contribution is 0.125. The number of unbranched alkanes of at least 4 members (excludes halogenated alkanes) is 1. The molecular formula is C7H21N3O7P2. The second-order valence-corrected chi connectivity index (χ2v) is 6.50. The normalized spacial score (nSPS) is 17.1. The lowest BCUT2D eigenvalue weighted by Gasteiger charge is -2.17. The topological polar surface area (TPSA) is 177 Å². The van der Waals surface area contributed by atoms with Gasteiger partial charge in [-0.1, -0.05) is 0 Å². The fourth-order valence-corrected chi connectivity index (χ4v) is 2.82. The molecule has 8 N–H and O–H groups in total. The van der Waals surface area contributed by atoms with Crippen molar-refractivity contribution in [3.63, 3.8) is 0 Å². The number of phosphoric ester groups is 1. The van der Waals surface area contributed by atoms with Gasteiger partial charge in [0.2, 0.25) is 0 Å². The van der Waals surface area contributed by atoms with Crippen LogP contribution >= 0.6 is 15.6 Å². The molecule has 0 aromatic carbocycles. The third-order valence-corrected chi connectivity index (χ3v) is 4.11. The number of rotatable bonds is 11. The van der Waals surface area contributed by atoms with Gasteiger partial charge in [0, 0.05) is 0 Å². The summed E-state index contributed by atoms with van der Waals surface area (Å²) < 4.78 is 29.5. The first-order valence-electron chi connectivity index (χ1n) is 5.61. The van der Waals surface area contributed by atoms with Gasteiger partial charge in [-0.15, -0.1) is 0 Å². The van der Waals surface area contributed by atoms with E-state index < -0.39 is 21.9 Å². The summed E-state index contributed by atoms with van der Waals surface area (Å²) >= 11 is 0. The van der Waals surface area contributed by atoms with E-state index in [2.05, 4.69) is 14.2 Å². The van der Waals surface area contributed by atoms with Crippen molar-refractivity contribution in [3.8, 4) is 0 Å². The Morgan fingerprint density at radius 3 is 2.32 bits per heavy atom. The number of hydrogen-bond donors (Lipinski definition) is 6. The van der Waals surface area contributed by atoms with E-state index in [9.17, 15) is 9.13 Å². The highest BCUT2D eigenvalue weighted by Crippen LogP contribution is 2.57. The van der Waals surface area contributed by atoms with Crippen molar-refractivity contribution in [3.05, 3.63) is 0 Å². The Labute approximate surface area is 111 Å². The van der Waals surface area contributed by atoms with Crippen LogP contribution in [-0.4, -0.2) is 40.5 Å². The van der Waals surface area contributed by atoms with E-state index in [0.717, 1.165) is 19.4 Å². The van der Waals surface area contributed by atoms with Gasteiger partial charge in [-0.3, -0.25) is 4.52 Å². The van der Waals surface area contributed by atoms with Crippen molar-refractivity contribution in [2.24, 2.45) is 11.5 Å². The molecule has 19 heavy (non-hydrogen) atoms. The quantitative estimate of drug-likeness (QED) is 0.160. The summed E-state index contributed by atoms with van der Waals surface area (Å²) in [6.45, 7) is 1.75. The van der Waals surface area contributed by atoms with Crippen LogP contribution in [-0.2, 0) is 18.0 Å². The standard InChI is InChI=1S/C7H21N3O7P2/c8-4-1-2-5-10-6-3-7(9)16-19(14,15)17-18(11,12)13/h7,10H,1-6,8-9H2,(H,14,15)(H2,11,12,13). The summed E-state index contributed by atoms with van der Waals surface area (Å²) in [4.78, 5) is 25.7. The summed E-state index contributed by atoms with van der Waals surface area (Å²) in [5.41, 5.74) is 10.7. The molecule has 0 saturated carbocycles. The molecule has 0 fully saturated rings. The van der Waals surface area contributed by atoms with E-state index >= 15 is 0 Å². The zero-order valence-corrected chi connectivity index (χ0v) is 12.1. The molecule has 0 saturated heterocycles. The summed E-state index contributed by atoms with van der Waals surface area (Å²) in [5, 5.41) is 3.00. The molecule has 2 atom stereocenters. The van der Waals surface area contributed by atoms with Crippen molar-refractivity contribution in [2.75, 3.05) is 19.6 Å². The van der Waals surface area contributed by atoms with Gasteiger partial charge in [-0.25, -0.2) is 9.13 Å². The van der Waals surface area contributed by atoms with Crippen LogP contribution in [0.3, 0.4) is 0 Å². The molecule has 0 heterocycles. The van der Waals surface area contributed by atoms with Crippen LogP contribution in [0.4, 0.5) is 0 Å². The summed E-state index contributed by atoms with van der Waals surface area (Å²) in [6, 6.07) is 0. The van der Waals surface area contributed by atoms with Gasteiger partial charge in [0.15, 0.2) is 0 Å². The predicted octanol–water partition coefficient (Wildman–Crippen LogP) is -0.784. The number of nitrogens with two attached hydrogens (primary N) is 2. The SMILES string of the molecule is NCCCCNCCC(N)OP(=O)(O)OP(=O)(O)O. The number of nitrogens with one attached hydrogen (secondary N) is 1. The first kappa shape index (κ1) is 19.1. The minimum Gasteiger partial charge on any atom is -0.330 e. The van der Waals surface area contributed by atoms with Crippen LogP contribution < -0.4 is 16.8 Å². The van der Waals surface area contributed by atoms with E-state index in [1.165, 1.54) is 0 Å². The Kier molecular flexibility index (Phi) is 9.21. The fraction of sp³-hybridized carbons (Fsp3) is 1.00. The monoisotopic (exact) mass is 321 g/mol. The first-order valence-corrected chi connectivity index (χ1v) is 8.63. The van der Waals surface area contributed by atoms with Crippen molar-refractivity contribution >= 4 is 15.6 Å². The molecular weight excluding hydrogens is 300 g/mol. The molecule has 116 valence electrons. The number of phosphoric acid groups is 2. The molecule has 0 aliphatic carbocycles. The maximum atomic E-state index is 11.1. The molecule has 0 amide bonds.